The first-order valence-corrected chi connectivity index (χ1v) is 11.8. The molecule has 1 aromatic rings. The molecule has 0 unspecified atom stereocenters. The summed E-state index contributed by atoms with van der Waals surface area (Å²) in [4.78, 5) is 20.7. The van der Waals surface area contributed by atoms with Crippen LogP contribution in [0, 0.1) is 0 Å². The van der Waals surface area contributed by atoms with Gasteiger partial charge >= 0.3 is 0 Å². The summed E-state index contributed by atoms with van der Waals surface area (Å²) in [5.74, 6) is 0.733. The minimum Gasteiger partial charge on any atom is -0.364 e. The molecule has 0 atom stereocenters. The van der Waals surface area contributed by atoms with Gasteiger partial charge in [-0.15, -0.1) is 24.0 Å². The van der Waals surface area contributed by atoms with Crippen molar-refractivity contribution in [1.82, 2.24) is 24.6 Å². The van der Waals surface area contributed by atoms with E-state index in [0.29, 0.717) is 51.4 Å². The summed E-state index contributed by atoms with van der Waals surface area (Å²) in [5.41, 5.74) is 0.407. The van der Waals surface area contributed by atoms with Gasteiger partial charge < -0.3 is 19.6 Å². The molecule has 30 heavy (non-hydrogen) atoms. The van der Waals surface area contributed by atoms with Crippen LogP contribution in [0.3, 0.4) is 0 Å². The smallest absolute Gasteiger partial charge is 0.224 e. The van der Waals surface area contributed by atoms with E-state index in [1.807, 2.05) is 16.7 Å². The van der Waals surface area contributed by atoms with E-state index in [1.165, 1.54) is 10.6 Å². The zero-order valence-electron chi connectivity index (χ0n) is 17.3. The fourth-order valence-corrected chi connectivity index (χ4v) is 5.00. The summed E-state index contributed by atoms with van der Waals surface area (Å²) >= 11 is 0. The number of aromatic nitrogens is 1. The molecule has 1 N–H and O–H groups in total. The van der Waals surface area contributed by atoms with Crippen molar-refractivity contribution in [3.63, 3.8) is 0 Å². The molecule has 0 aliphatic carbocycles. The van der Waals surface area contributed by atoms with Crippen LogP contribution in [0.15, 0.2) is 21.8 Å². The predicted octanol–water partition coefficient (Wildman–Crippen LogP) is 0.718. The molecular weight excluding hydrogens is 523 g/mol. The van der Waals surface area contributed by atoms with Crippen LogP contribution in [-0.4, -0.2) is 91.9 Å². The summed E-state index contributed by atoms with van der Waals surface area (Å²) in [6.45, 7) is 6.71. The van der Waals surface area contributed by atoms with Crippen molar-refractivity contribution in [1.29, 1.82) is 0 Å². The highest BCUT2D eigenvalue weighted by atomic mass is 127. The maximum Gasteiger partial charge on any atom is 0.224 e. The fraction of sp³-hybridized carbons (Fsp3) is 0.722. The Bertz CT molecular complexity index is 788. The standard InChI is InChI=1S/C18H30N6O4S.HI/c1-2-19-18(20-7-5-17(25)22-8-3-4-9-22)23-10-12-24(13-11-23)29(26,27)15-16-6-14-28-21-16;/h6,14H,2-5,7-13,15H2,1H3,(H,19,20);1H. The number of nitrogens with zero attached hydrogens (tertiary/aromatic N) is 5. The van der Waals surface area contributed by atoms with E-state index in [-0.39, 0.29) is 35.6 Å². The quantitative estimate of drug-likeness (QED) is 0.301. The number of likely N-dealkylation sites (tertiary alicyclic amines) is 1. The molecular formula is C18H31IN6O4S. The van der Waals surface area contributed by atoms with Gasteiger partial charge in [-0.2, -0.15) is 4.31 Å². The minimum atomic E-state index is -3.43. The molecule has 2 fully saturated rings. The number of nitrogens with one attached hydrogen (secondary N) is 1. The molecule has 1 aromatic heterocycles. The minimum absolute atomic E-state index is 0. The molecule has 0 saturated carbocycles. The zero-order valence-corrected chi connectivity index (χ0v) is 20.5. The molecule has 2 aliphatic heterocycles. The Morgan fingerprint density at radius 1 is 1.17 bits per heavy atom. The Hall–Kier alpha value is -1.41. The monoisotopic (exact) mass is 554 g/mol. The van der Waals surface area contributed by atoms with Crippen LogP contribution in [0.1, 0.15) is 31.9 Å². The first-order chi connectivity index (χ1) is 14.0. The van der Waals surface area contributed by atoms with Crippen LogP contribution in [0.4, 0.5) is 0 Å². The summed E-state index contributed by atoms with van der Waals surface area (Å²) in [5, 5.41) is 6.94. The van der Waals surface area contributed by atoms with Gasteiger partial charge in [0.15, 0.2) is 5.96 Å². The van der Waals surface area contributed by atoms with Crippen molar-refractivity contribution < 1.29 is 17.7 Å². The molecule has 10 nitrogen and oxygen atoms in total. The Balaban J connectivity index is 0.00000320. The Morgan fingerprint density at radius 2 is 1.87 bits per heavy atom. The highest BCUT2D eigenvalue weighted by Crippen LogP contribution is 2.13. The van der Waals surface area contributed by atoms with E-state index in [1.54, 1.807) is 6.07 Å². The second-order valence-corrected chi connectivity index (χ2v) is 9.18. The topological polar surface area (TPSA) is 111 Å². The van der Waals surface area contributed by atoms with Gasteiger partial charge in [0.05, 0.1) is 12.2 Å². The number of hydrogen-bond acceptors (Lipinski definition) is 6. The Morgan fingerprint density at radius 3 is 2.47 bits per heavy atom. The van der Waals surface area contributed by atoms with Crippen molar-refractivity contribution in [3.8, 4) is 0 Å². The third kappa shape index (κ3) is 6.80. The number of rotatable bonds is 7. The van der Waals surface area contributed by atoms with Gasteiger partial charge in [-0.3, -0.25) is 9.79 Å². The van der Waals surface area contributed by atoms with Gasteiger partial charge in [-0.25, -0.2) is 8.42 Å². The van der Waals surface area contributed by atoms with E-state index in [9.17, 15) is 13.2 Å². The summed E-state index contributed by atoms with van der Waals surface area (Å²) in [6.07, 6.45) is 3.94. The van der Waals surface area contributed by atoms with Crippen LogP contribution in [0.5, 0.6) is 0 Å². The lowest BCUT2D eigenvalue weighted by Crippen LogP contribution is -2.54. The van der Waals surface area contributed by atoms with Crippen molar-refractivity contribution >= 4 is 45.9 Å². The van der Waals surface area contributed by atoms with Crippen LogP contribution in [-0.2, 0) is 20.6 Å². The molecule has 3 heterocycles. The highest BCUT2D eigenvalue weighted by Gasteiger charge is 2.29. The van der Waals surface area contributed by atoms with E-state index < -0.39 is 10.0 Å². The number of amides is 1. The van der Waals surface area contributed by atoms with E-state index >= 15 is 0 Å². The highest BCUT2D eigenvalue weighted by molar-refractivity contribution is 14.0. The molecule has 0 aromatic carbocycles. The molecule has 2 aliphatic rings. The van der Waals surface area contributed by atoms with Crippen molar-refractivity contribution in [2.45, 2.75) is 31.9 Å². The third-order valence-electron chi connectivity index (χ3n) is 5.13. The molecule has 0 bridgehead atoms. The van der Waals surface area contributed by atoms with Crippen LogP contribution >= 0.6 is 24.0 Å². The number of hydrogen-bond donors (Lipinski definition) is 1. The predicted molar refractivity (Wildman–Crippen MR) is 124 cm³/mol. The van der Waals surface area contributed by atoms with Gasteiger partial charge in [0.25, 0.3) is 0 Å². The molecule has 0 spiro atoms. The Kier molecular flexibility index (Phi) is 9.81. The largest absolute Gasteiger partial charge is 0.364 e. The van der Waals surface area contributed by atoms with Gasteiger partial charge in [-0.1, -0.05) is 5.16 Å². The van der Waals surface area contributed by atoms with Crippen LogP contribution in [0.2, 0.25) is 0 Å². The van der Waals surface area contributed by atoms with Crippen molar-refractivity contribution in [2.75, 3.05) is 52.4 Å². The molecule has 1 amide bonds. The summed E-state index contributed by atoms with van der Waals surface area (Å²) in [6, 6.07) is 1.56. The van der Waals surface area contributed by atoms with Crippen molar-refractivity contribution in [2.24, 2.45) is 4.99 Å². The average molecular weight is 554 g/mol. The van der Waals surface area contributed by atoms with Gasteiger partial charge in [0.2, 0.25) is 15.9 Å². The zero-order chi connectivity index (χ0) is 20.7. The van der Waals surface area contributed by atoms with Gasteiger partial charge in [0.1, 0.15) is 12.0 Å². The second-order valence-electron chi connectivity index (χ2n) is 7.21. The third-order valence-corrected chi connectivity index (χ3v) is 6.95. The number of sulfonamides is 1. The van der Waals surface area contributed by atoms with Crippen LogP contribution < -0.4 is 5.32 Å². The van der Waals surface area contributed by atoms with E-state index in [4.69, 9.17) is 4.52 Å². The molecule has 3 rings (SSSR count). The lowest BCUT2D eigenvalue weighted by molar-refractivity contribution is -0.129. The number of halogens is 1. The van der Waals surface area contributed by atoms with Crippen molar-refractivity contribution in [3.05, 3.63) is 18.0 Å². The number of aliphatic imine (C=N–C) groups is 1. The average Bonchev–Trinajstić information content (AvgIpc) is 3.41. The first-order valence-electron chi connectivity index (χ1n) is 10.2. The number of guanidine groups is 1. The maximum absolute atomic E-state index is 12.6. The number of carbonyl (C=O) groups is 1. The van der Waals surface area contributed by atoms with Gasteiger partial charge in [-0.05, 0) is 19.8 Å². The Labute approximate surface area is 195 Å². The van der Waals surface area contributed by atoms with Gasteiger partial charge in [0, 0.05) is 58.3 Å². The summed E-state index contributed by atoms with van der Waals surface area (Å²) < 4.78 is 31.3. The molecule has 170 valence electrons. The first kappa shape index (κ1) is 24.9. The normalized spacial score (nSPS) is 18.4. The van der Waals surface area contributed by atoms with E-state index in [0.717, 1.165) is 31.9 Å². The molecule has 2 saturated heterocycles. The summed E-state index contributed by atoms with van der Waals surface area (Å²) in [7, 11) is -3.43. The number of carbonyl (C=O) groups excluding carboxylic acids is 1. The SMILES string of the molecule is CCNC(=NCCC(=O)N1CCCC1)N1CCN(S(=O)(=O)Cc2ccon2)CC1.I. The fourth-order valence-electron chi connectivity index (χ4n) is 3.58. The number of piperazine rings is 1. The molecule has 12 heteroatoms. The van der Waals surface area contributed by atoms with Crippen LogP contribution in [0.25, 0.3) is 0 Å². The lowest BCUT2D eigenvalue weighted by atomic mass is 10.3. The lowest BCUT2D eigenvalue weighted by Gasteiger charge is -2.35. The molecule has 0 radical (unpaired) electrons. The maximum atomic E-state index is 12.6. The van der Waals surface area contributed by atoms with E-state index in [2.05, 4.69) is 15.5 Å². The second kappa shape index (κ2) is 11.8.